The number of nitrogens with two attached hydrogens (primary N) is 1. The second-order valence-corrected chi connectivity index (χ2v) is 11.3. The molecule has 0 spiro atoms. The fourth-order valence-electron chi connectivity index (χ4n) is 4.01. The molecule has 1 heterocycles. The van der Waals surface area contributed by atoms with E-state index in [1.165, 1.54) is 11.8 Å². The average molecular weight is 480 g/mol. The van der Waals surface area contributed by atoms with Crippen molar-refractivity contribution in [2.24, 2.45) is 5.73 Å². The van der Waals surface area contributed by atoms with Crippen LogP contribution in [-0.4, -0.2) is 62.9 Å². The molecule has 174 valence electrons. The van der Waals surface area contributed by atoms with Gasteiger partial charge in [-0.1, -0.05) is 48.9 Å². The lowest BCUT2D eigenvalue weighted by atomic mass is 9.99. The van der Waals surface area contributed by atoms with E-state index in [1.807, 2.05) is 47.4 Å². The van der Waals surface area contributed by atoms with Gasteiger partial charge < -0.3 is 20.8 Å². The van der Waals surface area contributed by atoms with E-state index in [1.54, 1.807) is 0 Å². The zero-order valence-electron chi connectivity index (χ0n) is 17.9. The minimum atomic E-state index is -4.04. The van der Waals surface area contributed by atoms with Gasteiger partial charge in [0.15, 0.2) is 0 Å². The number of likely N-dealkylation sites (tertiary alicyclic amines) is 1. The predicted molar refractivity (Wildman–Crippen MR) is 127 cm³/mol. The highest BCUT2D eigenvalue weighted by Gasteiger charge is 2.31. The molecule has 1 aliphatic rings. The summed E-state index contributed by atoms with van der Waals surface area (Å²) in [6, 6.07) is 12.7. The van der Waals surface area contributed by atoms with E-state index in [4.69, 9.17) is 15.5 Å². The zero-order chi connectivity index (χ0) is 23.1. The molecule has 2 atom stereocenters. The summed E-state index contributed by atoms with van der Waals surface area (Å²) in [5.74, 6) is -0.286. The summed E-state index contributed by atoms with van der Waals surface area (Å²) in [5, 5.41) is 5.00. The maximum absolute atomic E-state index is 13.0. The molecule has 2 aromatic carbocycles. The lowest BCUT2D eigenvalue weighted by Crippen LogP contribution is -2.55. The van der Waals surface area contributed by atoms with Gasteiger partial charge in [-0.3, -0.25) is 19.1 Å². The fourth-order valence-corrected chi connectivity index (χ4v) is 5.84. The number of hydrogen-bond acceptors (Lipinski definition) is 5. The smallest absolute Gasteiger partial charge is 0.335 e. The Hall–Kier alpha value is -1.90. The minimum absolute atomic E-state index is 0.228. The highest BCUT2D eigenvalue weighted by atomic mass is 32.2. The van der Waals surface area contributed by atoms with Crippen molar-refractivity contribution in [3.8, 4) is 0 Å². The third kappa shape index (κ3) is 7.32. The first-order valence-electron chi connectivity index (χ1n) is 10.7. The van der Waals surface area contributed by atoms with Crippen LogP contribution in [0.3, 0.4) is 0 Å². The number of nitrogens with one attached hydrogen (secondary N) is 1. The lowest BCUT2D eigenvalue weighted by Gasteiger charge is -2.35. The fraction of sp³-hybridized carbons (Fsp3) is 0.455. The topological polar surface area (TPSA) is 133 Å². The predicted octanol–water partition coefficient (Wildman–Crippen LogP) is 2.08. The van der Waals surface area contributed by atoms with Gasteiger partial charge in [0.25, 0.3) is 0 Å². The monoisotopic (exact) mass is 479 g/mol. The summed E-state index contributed by atoms with van der Waals surface area (Å²) in [5.41, 5.74) is 6.29. The lowest BCUT2D eigenvalue weighted by molar-refractivity contribution is -0.131. The Morgan fingerprint density at radius 3 is 2.66 bits per heavy atom. The molecule has 3 rings (SSSR count). The van der Waals surface area contributed by atoms with Crippen molar-refractivity contribution in [2.45, 2.75) is 37.8 Å². The van der Waals surface area contributed by atoms with Gasteiger partial charge in [0.05, 0.1) is 11.5 Å². The number of primary amides is 1. The minimum Gasteiger partial charge on any atom is -0.368 e. The zero-order valence-corrected chi connectivity index (χ0v) is 19.6. The van der Waals surface area contributed by atoms with Gasteiger partial charge in [0.1, 0.15) is 6.04 Å². The number of benzene rings is 2. The second-order valence-electron chi connectivity index (χ2n) is 8.10. The molecule has 0 bridgehead atoms. The van der Waals surface area contributed by atoms with E-state index in [2.05, 4.69) is 5.32 Å². The molecule has 10 heteroatoms. The number of carbonyl (C=O) groups excluding carboxylic acids is 2. The Morgan fingerprint density at radius 1 is 1.19 bits per heavy atom. The average Bonchev–Trinajstić information content (AvgIpc) is 2.75. The van der Waals surface area contributed by atoms with Crippen LogP contribution in [0.25, 0.3) is 10.8 Å². The van der Waals surface area contributed by atoms with Crippen molar-refractivity contribution in [1.82, 2.24) is 10.2 Å². The Bertz CT molecular complexity index is 998. The summed E-state index contributed by atoms with van der Waals surface area (Å²) in [7, 11) is -4.04. The van der Waals surface area contributed by atoms with Gasteiger partial charge in [-0.25, -0.2) is 0 Å². The molecule has 0 aromatic heterocycles. The molecular weight excluding hydrogens is 449 g/mol. The van der Waals surface area contributed by atoms with Gasteiger partial charge in [0, 0.05) is 18.7 Å². The summed E-state index contributed by atoms with van der Waals surface area (Å²) in [6.45, 7) is 1.29. The van der Waals surface area contributed by atoms with Crippen molar-refractivity contribution in [2.75, 3.05) is 24.3 Å². The third-order valence-electron chi connectivity index (χ3n) is 5.61. The number of carbonyl (C=O) groups is 2. The van der Waals surface area contributed by atoms with Gasteiger partial charge in [-0.15, -0.1) is 11.8 Å². The van der Waals surface area contributed by atoms with Crippen LogP contribution < -0.4 is 11.1 Å². The molecular formula is C22H30N3O5PS. The molecule has 2 amide bonds. The molecule has 2 unspecified atom stereocenters. The van der Waals surface area contributed by atoms with E-state index in [9.17, 15) is 14.2 Å². The molecule has 1 saturated heterocycles. The van der Waals surface area contributed by atoms with Crippen molar-refractivity contribution in [3.63, 3.8) is 0 Å². The highest BCUT2D eigenvalue weighted by Crippen LogP contribution is 2.38. The molecule has 8 nitrogen and oxygen atoms in total. The van der Waals surface area contributed by atoms with E-state index >= 15 is 0 Å². The first kappa shape index (κ1) is 24.7. The van der Waals surface area contributed by atoms with E-state index < -0.39 is 19.5 Å². The third-order valence-corrected chi connectivity index (χ3v) is 8.16. The quantitative estimate of drug-likeness (QED) is 0.303. The summed E-state index contributed by atoms with van der Waals surface area (Å²) >= 11 is 1.18. The van der Waals surface area contributed by atoms with E-state index in [0.717, 1.165) is 35.7 Å². The van der Waals surface area contributed by atoms with Crippen molar-refractivity contribution in [3.05, 3.63) is 48.0 Å². The number of nitrogens with zero attached hydrogens (tertiary/aromatic N) is 1. The molecule has 0 aliphatic carbocycles. The van der Waals surface area contributed by atoms with Crippen molar-refractivity contribution < 1.29 is 23.9 Å². The maximum atomic E-state index is 13.0. The van der Waals surface area contributed by atoms with Gasteiger partial charge in [-0.05, 0) is 35.7 Å². The van der Waals surface area contributed by atoms with Crippen molar-refractivity contribution >= 4 is 41.9 Å². The normalized spacial score (nSPS) is 18.4. The van der Waals surface area contributed by atoms with Crippen LogP contribution in [0.1, 0.15) is 24.8 Å². The van der Waals surface area contributed by atoms with Gasteiger partial charge in [0.2, 0.25) is 11.8 Å². The number of amides is 2. The molecule has 0 radical (unpaired) electrons. The Morgan fingerprint density at radius 2 is 1.94 bits per heavy atom. The van der Waals surface area contributed by atoms with Crippen LogP contribution in [0.4, 0.5) is 0 Å². The van der Waals surface area contributed by atoms with Crippen LogP contribution in [-0.2, 0) is 20.6 Å². The number of piperidine rings is 1. The highest BCUT2D eigenvalue weighted by molar-refractivity contribution is 8.04. The number of fused-ring (bicyclic) bond motifs is 1. The maximum Gasteiger partial charge on any atom is 0.335 e. The first-order chi connectivity index (χ1) is 15.2. The largest absolute Gasteiger partial charge is 0.368 e. The van der Waals surface area contributed by atoms with Gasteiger partial charge in [-0.2, -0.15) is 0 Å². The van der Waals surface area contributed by atoms with Crippen LogP contribution in [0.2, 0.25) is 0 Å². The Balaban J connectivity index is 1.61. The number of thioether (sulfide) groups is 1. The van der Waals surface area contributed by atoms with E-state index in [0.29, 0.717) is 25.1 Å². The van der Waals surface area contributed by atoms with Gasteiger partial charge >= 0.3 is 7.60 Å². The summed E-state index contributed by atoms with van der Waals surface area (Å²) in [6.07, 6.45) is 2.87. The molecule has 5 N–H and O–H groups in total. The SMILES string of the molecule is NC(=O)C(Cc1ccc2ccccc2c1)NC(=O)C1CCCCN1CCSCP(=O)(O)O. The standard InChI is InChI=1S/C22H30N3O5PS/c23-21(26)19(14-16-8-9-17-5-1-2-6-18(17)13-16)24-22(27)20-7-3-4-10-25(20)11-12-32-15-31(28,29)30/h1-2,5-6,8-9,13,19-20H,3-4,7,10-12,14-15H2,(H2,23,26)(H,24,27)(H2,28,29,30). The molecule has 1 aliphatic heterocycles. The summed E-state index contributed by atoms with van der Waals surface area (Å²) in [4.78, 5) is 45.1. The second kappa shape index (κ2) is 11.3. The molecule has 0 saturated carbocycles. The Labute approximate surface area is 192 Å². The first-order valence-corrected chi connectivity index (χ1v) is 13.6. The van der Waals surface area contributed by atoms with Crippen molar-refractivity contribution in [1.29, 1.82) is 0 Å². The van der Waals surface area contributed by atoms with Crippen LogP contribution in [0.5, 0.6) is 0 Å². The number of rotatable bonds is 10. The van der Waals surface area contributed by atoms with E-state index in [-0.39, 0.29) is 17.4 Å². The molecule has 32 heavy (non-hydrogen) atoms. The van der Waals surface area contributed by atoms with Crippen LogP contribution >= 0.6 is 19.4 Å². The molecule has 2 aromatic rings. The summed E-state index contributed by atoms with van der Waals surface area (Å²) < 4.78 is 11.0. The molecule has 1 fully saturated rings. The van der Waals surface area contributed by atoms with Crippen LogP contribution in [0.15, 0.2) is 42.5 Å². The Kier molecular flexibility index (Phi) is 8.73. The number of hydrogen-bond donors (Lipinski definition) is 4. The van der Waals surface area contributed by atoms with Crippen LogP contribution in [0, 0.1) is 0 Å².